The van der Waals surface area contributed by atoms with E-state index in [9.17, 15) is 21.2 Å². The van der Waals surface area contributed by atoms with Crippen LogP contribution >= 0.6 is 0 Å². The van der Waals surface area contributed by atoms with Gasteiger partial charge in [0.1, 0.15) is 10.7 Å². The van der Waals surface area contributed by atoms with E-state index in [4.69, 9.17) is 0 Å². The lowest BCUT2D eigenvalue weighted by Gasteiger charge is -2.10. The number of nitrogens with one attached hydrogen (secondary N) is 3. The van der Waals surface area contributed by atoms with Crippen LogP contribution in [-0.4, -0.2) is 33.3 Å². The summed E-state index contributed by atoms with van der Waals surface area (Å²) in [5, 5.41) is 5.87. The summed E-state index contributed by atoms with van der Waals surface area (Å²) >= 11 is 0. The van der Waals surface area contributed by atoms with Crippen molar-refractivity contribution in [2.75, 3.05) is 15.7 Å². The van der Waals surface area contributed by atoms with Crippen LogP contribution in [0.2, 0.25) is 0 Å². The van der Waals surface area contributed by atoms with Gasteiger partial charge >= 0.3 is 0 Å². The number of hydrogen-bond donors (Lipinski definition) is 3. The van der Waals surface area contributed by atoms with Gasteiger partial charge in [-0.2, -0.15) is 5.10 Å². The predicted molar refractivity (Wildman–Crippen MR) is 74.3 cm³/mol. The molecule has 0 atom stereocenters. The smallest absolute Gasteiger partial charge is 0.265 e. The molecule has 0 fully saturated rings. The first kappa shape index (κ1) is 15.3. The lowest BCUT2D eigenvalue weighted by Crippen LogP contribution is -2.14. The Labute approximate surface area is 120 Å². The zero-order chi connectivity index (χ0) is 15.7. The van der Waals surface area contributed by atoms with E-state index >= 15 is 0 Å². The Morgan fingerprint density at radius 3 is 2.48 bits per heavy atom. The molecule has 0 bridgehead atoms. The second-order valence-corrected chi connectivity index (χ2v) is 7.54. The van der Waals surface area contributed by atoms with E-state index in [1.54, 1.807) is 0 Å². The van der Waals surface area contributed by atoms with Gasteiger partial charge in [-0.3, -0.25) is 14.5 Å². The molecule has 0 spiro atoms. The SMILES string of the molecule is CS(=O)(=O)Nc1cc(NS(=O)(=O)c2cn[nH]c2)ccc1F. The second-order valence-electron chi connectivity index (χ2n) is 4.11. The number of nitrogens with zero attached hydrogens (tertiary/aromatic N) is 1. The van der Waals surface area contributed by atoms with E-state index in [0.29, 0.717) is 0 Å². The molecule has 0 saturated heterocycles. The van der Waals surface area contributed by atoms with Crippen molar-refractivity contribution in [2.45, 2.75) is 4.90 Å². The molecule has 0 unspecified atom stereocenters. The molecular weight excluding hydrogens is 323 g/mol. The summed E-state index contributed by atoms with van der Waals surface area (Å²) < 4.78 is 63.7. The molecule has 0 saturated carbocycles. The van der Waals surface area contributed by atoms with Gasteiger partial charge in [0.15, 0.2) is 0 Å². The summed E-state index contributed by atoms with van der Waals surface area (Å²) in [6.45, 7) is 0. The zero-order valence-electron chi connectivity index (χ0n) is 10.7. The van der Waals surface area contributed by atoms with Crippen LogP contribution in [0, 0.1) is 5.82 Å². The van der Waals surface area contributed by atoms with Crippen molar-refractivity contribution in [3.05, 3.63) is 36.4 Å². The van der Waals surface area contributed by atoms with Crippen molar-refractivity contribution < 1.29 is 21.2 Å². The van der Waals surface area contributed by atoms with Crippen LogP contribution in [-0.2, 0) is 20.0 Å². The molecule has 114 valence electrons. The van der Waals surface area contributed by atoms with Crippen LogP contribution in [0.15, 0.2) is 35.5 Å². The van der Waals surface area contributed by atoms with Crippen LogP contribution in [0.25, 0.3) is 0 Å². The third kappa shape index (κ3) is 3.92. The molecular formula is C10H11FN4O4S2. The van der Waals surface area contributed by atoms with E-state index in [0.717, 1.165) is 24.6 Å². The molecule has 3 N–H and O–H groups in total. The highest BCUT2D eigenvalue weighted by atomic mass is 32.2. The third-order valence-electron chi connectivity index (χ3n) is 2.30. The fraction of sp³-hybridized carbons (Fsp3) is 0.100. The maximum atomic E-state index is 13.5. The Hall–Kier alpha value is -2.14. The number of sulfonamides is 2. The molecule has 0 aliphatic carbocycles. The van der Waals surface area contributed by atoms with Gasteiger partial charge in [0.25, 0.3) is 10.0 Å². The van der Waals surface area contributed by atoms with Crippen molar-refractivity contribution in [3.8, 4) is 0 Å². The number of benzene rings is 1. The Morgan fingerprint density at radius 1 is 1.19 bits per heavy atom. The van der Waals surface area contributed by atoms with E-state index in [1.165, 1.54) is 12.3 Å². The van der Waals surface area contributed by atoms with Crippen molar-refractivity contribution in [1.82, 2.24) is 10.2 Å². The van der Waals surface area contributed by atoms with Crippen molar-refractivity contribution >= 4 is 31.4 Å². The fourth-order valence-corrected chi connectivity index (χ4v) is 2.98. The minimum Gasteiger partial charge on any atom is -0.284 e. The number of H-pyrrole nitrogens is 1. The molecule has 8 nitrogen and oxygen atoms in total. The lowest BCUT2D eigenvalue weighted by molar-refractivity contribution is 0.601. The Morgan fingerprint density at radius 2 is 1.90 bits per heavy atom. The van der Waals surface area contributed by atoms with Gasteiger partial charge in [-0.1, -0.05) is 0 Å². The first-order chi connectivity index (χ1) is 9.67. The number of aromatic nitrogens is 2. The second kappa shape index (κ2) is 5.33. The van der Waals surface area contributed by atoms with Crippen LogP contribution in [0.3, 0.4) is 0 Å². The van der Waals surface area contributed by atoms with Gasteiger partial charge in [-0.05, 0) is 18.2 Å². The number of hydrogen-bond acceptors (Lipinski definition) is 5. The summed E-state index contributed by atoms with van der Waals surface area (Å²) in [6.07, 6.45) is 3.12. The highest BCUT2D eigenvalue weighted by Crippen LogP contribution is 2.22. The summed E-state index contributed by atoms with van der Waals surface area (Å²) in [6, 6.07) is 3.15. The largest absolute Gasteiger partial charge is 0.284 e. The lowest BCUT2D eigenvalue weighted by atomic mass is 10.3. The first-order valence-electron chi connectivity index (χ1n) is 5.46. The van der Waals surface area contributed by atoms with E-state index in [-0.39, 0.29) is 16.3 Å². The van der Waals surface area contributed by atoms with Gasteiger partial charge in [-0.25, -0.2) is 21.2 Å². The highest BCUT2D eigenvalue weighted by molar-refractivity contribution is 7.92. The average Bonchev–Trinajstić information content (AvgIpc) is 2.85. The van der Waals surface area contributed by atoms with E-state index in [2.05, 4.69) is 14.9 Å². The quantitative estimate of drug-likeness (QED) is 0.744. The third-order valence-corrected chi connectivity index (χ3v) is 4.24. The van der Waals surface area contributed by atoms with E-state index in [1.807, 2.05) is 4.72 Å². The number of anilines is 2. The number of halogens is 1. The molecule has 0 radical (unpaired) electrons. The van der Waals surface area contributed by atoms with Gasteiger partial charge in [0, 0.05) is 6.20 Å². The molecule has 0 amide bonds. The minimum absolute atomic E-state index is 0.00347. The summed E-state index contributed by atoms with van der Waals surface area (Å²) in [4.78, 5) is -0.107. The monoisotopic (exact) mass is 334 g/mol. The first-order valence-corrected chi connectivity index (χ1v) is 8.84. The van der Waals surface area contributed by atoms with E-state index < -0.39 is 25.9 Å². The standard InChI is InChI=1S/C10H11FN4O4S2/c1-20(16,17)15-10-4-7(2-3-9(10)11)14-21(18,19)8-5-12-13-6-8/h2-6,14-15H,1H3,(H,12,13). The molecule has 2 rings (SSSR count). The van der Waals surface area contributed by atoms with Crippen LogP contribution in [0.1, 0.15) is 0 Å². The molecule has 21 heavy (non-hydrogen) atoms. The van der Waals surface area contributed by atoms with Crippen molar-refractivity contribution in [2.24, 2.45) is 0 Å². The highest BCUT2D eigenvalue weighted by Gasteiger charge is 2.16. The maximum absolute atomic E-state index is 13.5. The molecule has 0 aliphatic rings. The van der Waals surface area contributed by atoms with Gasteiger partial charge in [-0.15, -0.1) is 0 Å². The Balaban J connectivity index is 2.32. The average molecular weight is 334 g/mol. The van der Waals surface area contributed by atoms with Gasteiger partial charge in [0.2, 0.25) is 10.0 Å². The van der Waals surface area contributed by atoms with Gasteiger partial charge < -0.3 is 0 Å². The Kier molecular flexibility index (Phi) is 3.87. The van der Waals surface area contributed by atoms with Crippen LogP contribution in [0.5, 0.6) is 0 Å². The predicted octanol–water partition coefficient (Wildman–Crippen LogP) is 0.721. The van der Waals surface area contributed by atoms with Crippen molar-refractivity contribution in [3.63, 3.8) is 0 Å². The molecule has 11 heteroatoms. The number of aromatic amines is 1. The normalized spacial score (nSPS) is 12.1. The van der Waals surface area contributed by atoms with Crippen LogP contribution in [0.4, 0.5) is 15.8 Å². The fourth-order valence-electron chi connectivity index (χ4n) is 1.47. The zero-order valence-corrected chi connectivity index (χ0v) is 12.3. The summed E-state index contributed by atoms with van der Waals surface area (Å²) in [7, 11) is -7.57. The molecule has 1 aromatic heterocycles. The molecule has 1 heterocycles. The molecule has 0 aliphatic heterocycles. The van der Waals surface area contributed by atoms with Crippen molar-refractivity contribution in [1.29, 1.82) is 0 Å². The summed E-state index contributed by atoms with van der Waals surface area (Å²) in [5.41, 5.74) is -0.353. The minimum atomic E-state index is -3.89. The Bertz CT molecular complexity index is 847. The molecule has 2 aromatic rings. The maximum Gasteiger partial charge on any atom is 0.265 e. The molecule has 1 aromatic carbocycles. The number of rotatable bonds is 5. The summed E-state index contributed by atoms with van der Waals surface area (Å²) in [5.74, 6) is -0.827. The van der Waals surface area contributed by atoms with Gasteiger partial charge in [0.05, 0.1) is 23.8 Å². The topological polar surface area (TPSA) is 121 Å². The van der Waals surface area contributed by atoms with Crippen LogP contribution < -0.4 is 9.44 Å².